The van der Waals surface area contributed by atoms with Crippen molar-refractivity contribution in [2.24, 2.45) is 5.92 Å². The van der Waals surface area contributed by atoms with Crippen molar-refractivity contribution < 1.29 is 14.8 Å². The molecule has 5 unspecified atom stereocenters. The summed E-state index contributed by atoms with van der Waals surface area (Å²) >= 11 is 8.36. The Balaban J connectivity index is 1.59. The summed E-state index contributed by atoms with van der Waals surface area (Å²) in [6.07, 6.45) is 0.554. The molecule has 3 aromatic rings. The molecule has 0 saturated heterocycles. The lowest BCUT2D eigenvalue weighted by atomic mass is 9.77. The number of anilines is 1. The van der Waals surface area contributed by atoms with Crippen LogP contribution in [0.4, 0.5) is 22.7 Å². The van der Waals surface area contributed by atoms with Crippen molar-refractivity contribution in [1.82, 2.24) is 0 Å². The van der Waals surface area contributed by atoms with Crippen LogP contribution in [0.3, 0.4) is 0 Å². The van der Waals surface area contributed by atoms with Crippen molar-refractivity contribution in [2.75, 3.05) is 5.32 Å². The van der Waals surface area contributed by atoms with Gasteiger partial charge in [0.1, 0.15) is 5.69 Å². The number of para-hydroxylation sites is 2. The topological polar surface area (TPSA) is 141 Å². The summed E-state index contributed by atoms with van der Waals surface area (Å²) in [5.74, 6) is -0.448. The Morgan fingerprint density at radius 2 is 1.56 bits per heavy atom. The van der Waals surface area contributed by atoms with Gasteiger partial charge in [-0.05, 0) is 29.5 Å². The Bertz CT molecular complexity index is 1390. The summed E-state index contributed by atoms with van der Waals surface area (Å²) in [7, 11) is 0. The number of thioether (sulfide) groups is 1. The van der Waals surface area contributed by atoms with Crippen LogP contribution in [0.25, 0.3) is 0 Å². The first kappa shape index (κ1) is 24.0. The summed E-state index contributed by atoms with van der Waals surface area (Å²) in [6, 6.07) is 17.0. The Morgan fingerprint density at radius 1 is 0.861 bits per heavy atom. The van der Waals surface area contributed by atoms with Gasteiger partial charge in [-0.2, -0.15) is 0 Å². The van der Waals surface area contributed by atoms with E-state index in [4.69, 9.17) is 11.6 Å². The van der Waals surface area contributed by atoms with Gasteiger partial charge in [0.25, 0.3) is 17.1 Å². The number of halogens is 1. The van der Waals surface area contributed by atoms with E-state index in [1.165, 1.54) is 36.0 Å². The molecule has 1 aliphatic carbocycles. The molecule has 5 atom stereocenters. The monoisotopic (exact) mass is 526 g/mol. The Labute approximate surface area is 214 Å². The van der Waals surface area contributed by atoms with Gasteiger partial charge in [0.05, 0.1) is 31.1 Å². The van der Waals surface area contributed by atoms with E-state index in [1.54, 1.807) is 36.4 Å². The minimum Gasteiger partial charge on any atom is -0.372 e. The van der Waals surface area contributed by atoms with Crippen LogP contribution in [0.2, 0.25) is 0 Å². The van der Waals surface area contributed by atoms with E-state index in [1.807, 2.05) is 6.07 Å². The third-order valence-corrected chi connectivity index (χ3v) is 8.92. The van der Waals surface area contributed by atoms with Gasteiger partial charge in [0, 0.05) is 35.4 Å². The molecular formula is C24H19ClN4O6S. The fourth-order valence-corrected chi connectivity index (χ4v) is 7.26. The van der Waals surface area contributed by atoms with E-state index in [0.717, 1.165) is 0 Å². The van der Waals surface area contributed by atoms with Gasteiger partial charge < -0.3 is 5.32 Å². The highest BCUT2D eigenvalue weighted by atomic mass is 35.5. The quantitative estimate of drug-likeness (QED) is 0.219. The largest absolute Gasteiger partial charge is 0.372 e. The third kappa shape index (κ3) is 4.14. The van der Waals surface area contributed by atoms with E-state index in [2.05, 4.69) is 5.32 Å². The van der Waals surface area contributed by atoms with E-state index in [0.29, 0.717) is 28.1 Å². The lowest BCUT2D eigenvalue weighted by Gasteiger charge is -2.37. The molecule has 0 amide bonds. The number of nitro benzene ring substituents is 3. The summed E-state index contributed by atoms with van der Waals surface area (Å²) in [4.78, 5) is 33.9. The molecule has 1 fully saturated rings. The standard InChI is InChI=1S/C24H19ClN4O6S/c25-22-20(36-19-10-2-1-8-17(19)28(32)33)12-16-21(22)15-7-4-9-18(29(34)35)24(15)26-23(16)13-5-3-6-14(11-13)27(30)31/h1-11,16,20-23,26H,12H2. The molecule has 1 aliphatic heterocycles. The van der Waals surface area contributed by atoms with E-state index < -0.39 is 26.2 Å². The van der Waals surface area contributed by atoms with Crippen molar-refractivity contribution in [3.05, 3.63) is 108 Å². The Kier molecular flexibility index (Phi) is 6.27. The maximum atomic E-state index is 11.8. The van der Waals surface area contributed by atoms with Crippen LogP contribution in [-0.4, -0.2) is 25.4 Å². The first-order valence-electron chi connectivity index (χ1n) is 11.1. The summed E-state index contributed by atoms with van der Waals surface area (Å²) < 4.78 is 0. The first-order valence-corrected chi connectivity index (χ1v) is 12.4. The molecule has 0 bridgehead atoms. The number of non-ortho nitro benzene ring substituents is 1. The number of nitro groups is 3. The average Bonchev–Trinajstić information content (AvgIpc) is 3.19. The summed E-state index contributed by atoms with van der Waals surface area (Å²) in [5, 5.41) is 37.4. The Hall–Kier alpha value is -3.70. The van der Waals surface area contributed by atoms with E-state index in [9.17, 15) is 30.3 Å². The van der Waals surface area contributed by atoms with Gasteiger partial charge in [-0.25, -0.2) is 0 Å². The molecule has 0 spiro atoms. The molecule has 12 heteroatoms. The number of alkyl halides is 1. The first-order chi connectivity index (χ1) is 17.3. The number of fused-ring (bicyclic) bond motifs is 3. The number of rotatable bonds is 6. The van der Waals surface area contributed by atoms with Crippen molar-refractivity contribution in [3.63, 3.8) is 0 Å². The second-order valence-corrected chi connectivity index (χ2v) is 10.5. The predicted octanol–water partition coefficient (Wildman–Crippen LogP) is 6.45. The van der Waals surface area contributed by atoms with Crippen molar-refractivity contribution in [1.29, 1.82) is 0 Å². The molecule has 0 aromatic heterocycles. The number of hydrogen-bond donors (Lipinski definition) is 1. The average molecular weight is 527 g/mol. The minimum absolute atomic E-state index is 0.00867. The Morgan fingerprint density at radius 3 is 2.28 bits per heavy atom. The maximum Gasteiger partial charge on any atom is 0.292 e. The molecule has 184 valence electrons. The second kappa shape index (κ2) is 9.40. The van der Waals surface area contributed by atoms with Crippen LogP contribution in [0.15, 0.2) is 71.6 Å². The zero-order valence-electron chi connectivity index (χ0n) is 18.5. The van der Waals surface area contributed by atoms with Gasteiger partial charge in [0.2, 0.25) is 0 Å². The molecule has 0 radical (unpaired) electrons. The van der Waals surface area contributed by atoms with Crippen LogP contribution < -0.4 is 5.32 Å². The zero-order valence-corrected chi connectivity index (χ0v) is 20.1. The van der Waals surface area contributed by atoms with Crippen molar-refractivity contribution in [2.45, 2.75) is 33.9 Å². The third-order valence-electron chi connectivity index (χ3n) is 6.80. The number of hydrogen-bond acceptors (Lipinski definition) is 8. The van der Waals surface area contributed by atoms with Gasteiger partial charge in [-0.1, -0.05) is 36.4 Å². The molecule has 1 N–H and O–H groups in total. The molecular weight excluding hydrogens is 508 g/mol. The lowest BCUT2D eigenvalue weighted by Crippen LogP contribution is -2.31. The summed E-state index contributed by atoms with van der Waals surface area (Å²) in [6.45, 7) is 0. The van der Waals surface area contributed by atoms with Gasteiger partial charge >= 0.3 is 0 Å². The van der Waals surface area contributed by atoms with Crippen LogP contribution in [0, 0.1) is 36.3 Å². The molecule has 2 aliphatic rings. The van der Waals surface area contributed by atoms with Crippen LogP contribution in [0.5, 0.6) is 0 Å². The minimum atomic E-state index is -0.483. The summed E-state index contributed by atoms with van der Waals surface area (Å²) in [5.41, 5.74) is 1.50. The fraction of sp³-hybridized carbons (Fsp3) is 0.250. The predicted molar refractivity (Wildman–Crippen MR) is 136 cm³/mol. The van der Waals surface area contributed by atoms with E-state index >= 15 is 0 Å². The zero-order chi connectivity index (χ0) is 25.6. The SMILES string of the molecule is O=[N+]([O-])c1cccc(C2Nc3c(cccc3[N+](=O)[O-])C3C(Cl)C(Sc4ccccc4[N+](=O)[O-])CC23)c1. The number of nitrogens with zero attached hydrogens (tertiary/aromatic N) is 3. The van der Waals surface area contributed by atoms with Gasteiger partial charge in [0.15, 0.2) is 0 Å². The fourth-order valence-electron chi connectivity index (χ4n) is 5.31. The molecule has 5 rings (SSSR count). The molecule has 1 heterocycles. The van der Waals surface area contributed by atoms with Gasteiger partial charge in [-0.3, -0.25) is 30.3 Å². The number of benzene rings is 3. The highest BCUT2D eigenvalue weighted by molar-refractivity contribution is 8.00. The highest BCUT2D eigenvalue weighted by Crippen LogP contribution is 2.59. The second-order valence-electron chi connectivity index (χ2n) is 8.72. The highest BCUT2D eigenvalue weighted by Gasteiger charge is 2.51. The van der Waals surface area contributed by atoms with Gasteiger partial charge in [-0.15, -0.1) is 23.4 Å². The van der Waals surface area contributed by atoms with Crippen LogP contribution in [-0.2, 0) is 0 Å². The smallest absolute Gasteiger partial charge is 0.292 e. The van der Waals surface area contributed by atoms with Crippen LogP contribution >= 0.6 is 23.4 Å². The van der Waals surface area contributed by atoms with E-state index in [-0.39, 0.29) is 34.1 Å². The molecule has 3 aromatic carbocycles. The van der Waals surface area contributed by atoms with Crippen molar-refractivity contribution >= 4 is 46.1 Å². The molecule has 36 heavy (non-hydrogen) atoms. The van der Waals surface area contributed by atoms with Crippen LogP contribution in [0.1, 0.15) is 29.5 Å². The lowest BCUT2D eigenvalue weighted by molar-refractivity contribution is -0.387. The maximum absolute atomic E-state index is 11.8. The normalized spacial score (nSPS) is 24.3. The number of nitrogens with one attached hydrogen (secondary N) is 1. The van der Waals surface area contributed by atoms with Crippen molar-refractivity contribution in [3.8, 4) is 0 Å². The molecule has 10 nitrogen and oxygen atoms in total. The molecule has 1 saturated carbocycles.